The third-order valence-electron chi connectivity index (χ3n) is 2.39. The molecule has 94 valence electrons. The van der Waals surface area contributed by atoms with E-state index in [2.05, 4.69) is 4.74 Å². The molecule has 16 heavy (non-hydrogen) atoms. The van der Waals surface area contributed by atoms with E-state index in [1.807, 2.05) is 6.92 Å². The van der Waals surface area contributed by atoms with Gasteiger partial charge in [0.05, 0.1) is 12.7 Å². The molecule has 1 heterocycles. The minimum atomic E-state index is -3.88. The van der Waals surface area contributed by atoms with Gasteiger partial charge in [0, 0.05) is 13.1 Å². The number of carbonyl (C=O) groups is 1. The van der Waals surface area contributed by atoms with E-state index in [0.717, 1.165) is 17.8 Å². The monoisotopic (exact) mass is 252 g/mol. The molecule has 0 aromatic rings. The van der Waals surface area contributed by atoms with Gasteiger partial charge >= 0.3 is 16.3 Å². The first-order chi connectivity index (χ1) is 7.33. The molecule has 8 heteroatoms. The zero-order chi connectivity index (χ0) is 12.4. The molecule has 0 saturated carbocycles. The van der Waals surface area contributed by atoms with E-state index < -0.39 is 21.9 Å². The number of rotatable bonds is 4. The second kappa shape index (κ2) is 4.56. The van der Waals surface area contributed by atoms with Gasteiger partial charge in [-0.05, 0) is 6.42 Å². The van der Waals surface area contributed by atoms with Crippen LogP contribution in [0.1, 0.15) is 19.8 Å². The quantitative estimate of drug-likeness (QED) is 0.698. The van der Waals surface area contributed by atoms with Crippen molar-refractivity contribution < 1.29 is 23.1 Å². The molecule has 0 unspecified atom stereocenters. The number of aliphatic hydroxyl groups is 1. The number of amides is 1. The maximum Gasteiger partial charge on any atom is 0.421 e. The first-order valence-electron chi connectivity index (χ1n) is 4.91. The standard InChI is InChI=1S/C8H16N2O5S/c1-3-4-8(12)5-10(6-8)16(13,14)9-7(11)15-2/h12H,3-6H2,1-2H3,(H,9,11). The van der Waals surface area contributed by atoms with Crippen molar-refractivity contribution >= 4 is 16.3 Å². The molecule has 2 N–H and O–H groups in total. The van der Waals surface area contributed by atoms with Gasteiger partial charge in [0.1, 0.15) is 0 Å². The lowest BCUT2D eigenvalue weighted by Gasteiger charge is -2.44. The number of hydrogen-bond acceptors (Lipinski definition) is 5. The molecule has 0 radical (unpaired) electrons. The first-order valence-corrected chi connectivity index (χ1v) is 6.35. The minimum Gasteiger partial charge on any atom is -0.452 e. The molecule has 1 amide bonds. The highest BCUT2D eigenvalue weighted by Crippen LogP contribution is 2.27. The molecule has 0 aromatic heterocycles. The molecule has 1 fully saturated rings. The number of β-amino-alcohol motifs (C(OH)–C–C–N with tert-alkyl or cyclic N) is 1. The summed E-state index contributed by atoms with van der Waals surface area (Å²) >= 11 is 0. The van der Waals surface area contributed by atoms with Crippen molar-refractivity contribution in [3.8, 4) is 0 Å². The van der Waals surface area contributed by atoms with Gasteiger partial charge < -0.3 is 9.84 Å². The lowest BCUT2D eigenvalue weighted by atomic mass is 9.92. The van der Waals surface area contributed by atoms with E-state index in [4.69, 9.17) is 0 Å². The third kappa shape index (κ3) is 2.83. The summed E-state index contributed by atoms with van der Waals surface area (Å²) in [4.78, 5) is 10.8. The smallest absolute Gasteiger partial charge is 0.421 e. The summed E-state index contributed by atoms with van der Waals surface area (Å²) in [6.45, 7) is 1.92. The molecule has 0 atom stereocenters. The fourth-order valence-electron chi connectivity index (χ4n) is 1.62. The second-order valence-electron chi connectivity index (χ2n) is 3.84. The number of methoxy groups -OCH3 is 1. The molecule has 0 spiro atoms. The average Bonchev–Trinajstić information content (AvgIpc) is 2.13. The summed E-state index contributed by atoms with van der Waals surface area (Å²) in [7, 11) is -2.80. The van der Waals surface area contributed by atoms with Gasteiger partial charge in [-0.2, -0.15) is 12.7 Å². The van der Waals surface area contributed by atoms with Gasteiger partial charge in [-0.15, -0.1) is 0 Å². The fourth-order valence-corrected chi connectivity index (χ4v) is 2.86. The number of carbonyl (C=O) groups excluding carboxylic acids is 1. The molecule has 0 aromatic carbocycles. The Morgan fingerprint density at radius 3 is 2.56 bits per heavy atom. The lowest BCUT2D eigenvalue weighted by Crippen LogP contribution is -2.65. The number of hydrogen-bond donors (Lipinski definition) is 2. The highest BCUT2D eigenvalue weighted by Gasteiger charge is 2.46. The molecular formula is C8H16N2O5S. The summed E-state index contributed by atoms with van der Waals surface area (Å²) in [6, 6.07) is 0. The van der Waals surface area contributed by atoms with Crippen LogP contribution in [0.5, 0.6) is 0 Å². The predicted molar refractivity (Wildman–Crippen MR) is 55.9 cm³/mol. The van der Waals surface area contributed by atoms with Crippen molar-refractivity contribution in [3.05, 3.63) is 0 Å². The van der Waals surface area contributed by atoms with Crippen LogP contribution in [0.25, 0.3) is 0 Å². The SMILES string of the molecule is CCCC1(O)CN(S(=O)(=O)NC(=O)OC)C1. The molecule has 1 rings (SSSR count). The molecule has 0 aliphatic carbocycles. The van der Waals surface area contributed by atoms with Crippen LogP contribution < -0.4 is 4.72 Å². The Balaban J connectivity index is 2.53. The van der Waals surface area contributed by atoms with Crippen molar-refractivity contribution in [3.63, 3.8) is 0 Å². The Kier molecular flexibility index (Phi) is 3.76. The van der Waals surface area contributed by atoms with Crippen molar-refractivity contribution in [1.29, 1.82) is 0 Å². The van der Waals surface area contributed by atoms with Crippen LogP contribution >= 0.6 is 0 Å². The zero-order valence-electron chi connectivity index (χ0n) is 9.26. The molecule has 1 aliphatic rings. The van der Waals surface area contributed by atoms with E-state index in [0.29, 0.717) is 6.42 Å². The number of nitrogens with zero attached hydrogens (tertiary/aromatic N) is 1. The van der Waals surface area contributed by atoms with Crippen molar-refractivity contribution in [1.82, 2.24) is 9.03 Å². The summed E-state index contributed by atoms with van der Waals surface area (Å²) in [5.41, 5.74) is -0.959. The lowest BCUT2D eigenvalue weighted by molar-refractivity contribution is -0.0657. The van der Waals surface area contributed by atoms with Gasteiger partial charge in [-0.3, -0.25) is 0 Å². The van der Waals surface area contributed by atoms with Gasteiger partial charge in [-0.25, -0.2) is 9.52 Å². The van der Waals surface area contributed by atoms with Crippen molar-refractivity contribution in [2.75, 3.05) is 20.2 Å². The fraction of sp³-hybridized carbons (Fsp3) is 0.875. The maximum atomic E-state index is 11.5. The molecule has 7 nitrogen and oxygen atoms in total. The van der Waals surface area contributed by atoms with Crippen molar-refractivity contribution in [2.45, 2.75) is 25.4 Å². The third-order valence-corrected chi connectivity index (χ3v) is 3.76. The van der Waals surface area contributed by atoms with Crippen LogP contribution in [-0.2, 0) is 14.9 Å². The summed E-state index contributed by atoms with van der Waals surface area (Å²) in [6.07, 6.45) is 0.275. The Morgan fingerprint density at radius 1 is 1.56 bits per heavy atom. The van der Waals surface area contributed by atoms with Crippen LogP contribution in [0.2, 0.25) is 0 Å². The molecular weight excluding hydrogens is 236 g/mol. The highest BCUT2D eigenvalue weighted by atomic mass is 32.2. The Bertz CT molecular complexity index is 361. The van der Waals surface area contributed by atoms with Crippen LogP contribution in [0.4, 0.5) is 4.79 Å². The first kappa shape index (κ1) is 13.2. The molecule has 1 saturated heterocycles. The molecule has 0 bridgehead atoms. The van der Waals surface area contributed by atoms with Crippen molar-refractivity contribution in [2.24, 2.45) is 0 Å². The van der Waals surface area contributed by atoms with Gasteiger partial charge in [0.2, 0.25) is 0 Å². The maximum absolute atomic E-state index is 11.5. The predicted octanol–water partition coefficient (Wildman–Crippen LogP) is -0.566. The Hall–Kier alpha value is -0.860. The van der Waals surface area contributed by atoms with Crippen LogP contribution in [-0.4, -0.2) is 49.7 Å². The second-order valence-corrected chi connectivity index (χ2v) is 5.51. The van der Waals surface area contributed by atoms with Crippen LogP contribution in [0.15, 0.2) is 0 Å². The largest absolute Gasteiger partial charge is 0.452 e. The minimum absolute atomic E-state index is 0.00711. The van der Waals surface area contributed by atoms with E-state index in [9.17, 15) is 18.3 Å². The Labute approximate surface area is 94.6 Å². The average molecular weight is 252 g/mol. The normalized spacial score (nSPS) is 19.9. The van der Waals surface area contributed by atoms with E-state index in [1.165, 1.54) is 0 Å². The summed E-state index contributed by atoms with van der Waals surface area (Å²) in [5, 5.41) is 9.79. The number of nitrogens with one attached hydrogen (secondary N) is 1. The zero-order valence-corrected chi connectivity index (χ0v) is 10.1. The van der Waals surface area contributed by atoms with E-state index in [1.54, 1.807) is 4.72 Å². The Morgan fingerprint density at radius 2 is 2.12 bits per heavy atom. The van der Waals surface area contributed by atoms with E-state index in [-0.39, 0.29) is 13.1 Å². The molecule has 1 aliphatic heterocycles. The van der Waals surface area contributed by atoms with E-state index >= 15 is 0 Å². The topological polar surface area (TPSA) is 95.9 Å². The highest BCUT2D eigenvalue weighted by molar-refractivity contribution is 7.87. The summed E-state index contributed by atoms with van der Waals surface area (Å²) in [5.74, 6) is 0. The van der Waals surface area contributed by atoms with Gasteiger partial charge in [0.25, 0.3) is 0 Å². The summed E-state index contributed by atoms with van der Waals surface area (Å²) < 4.78 is 29.9. The van der Waals surface area contributed by atoms with Crippen LogP contribution in [0, 0.1) is 0 Å². The van der Waals surface area contributed by atoms with Crippen LogP contribution in [0.3, 0.4) is 0 Å². The number of ether oxygens (including phenoxy) is 1. The van der Waals surface area contributed by atoms with Gasteiger partial charge in [0.15, 0.2) is 0 Å². The van der Waals surface area contributed by atoms with Gasteiger partial charge in [-0.1, -0.05) is 13.3 Å².